The Hall–Kier alpha value is -0.810. The number of hydrogen-bond acceptors (Lipinski definition) is 4. The van der Waals surface area contributed by atoms with Gasteiger partial charge in [0, 0.05) is 20.0 Å². The number of nitrogens with zero attached hydrogens (tertiary/aromatic N) is 2. The second kappa shape index (κ2) is 6.06. The van der Waals surface area contributed by atoms with E-state index in [4.69, 9.17) is 23.2 Å². The van der Waals surface area contributed by atoms with Crippen LogP contribution in [0.15, 0.2) is 5.16 Å². The molecule has 0 aromatic carbocycles. The summed E-state index contributed by atoms with van der Waals surface area (Å²) in [7, 11) is 3.01. The molecule has 16 heavy (non-hydrogen) atoms. The first-order chi connectivity index (χ1) is 7.22. The first-order valence-corrected chi connectivity index (χ1v) is 5.36. The van der Waals surface area contributed by atoms with Crippen molar-refractivity contribution >= 4 is 40.2 Å². The average molecular weight is 269 g/mol. The highest BCUT2D eigenvalue weighted by atomic mass is 35.5. The Balaban J connectivity index is 4.50. The molecule has 0 unspecified atom stereocenters. The van der Waals surface area contributed by atoms with Crippen LogP contribution in [-0.2, 0) is 14.4 Å². The number of amides is 1. The fourth-order valence-electron chi connectivity index (χ4n) is 0.483. The Bertz CT molecular complexity index is 314. The van der Waals surface area contributed by atoms with Crippen LogP contribution in [0.5, 0.6) is 0 Å². The topological polar surface area (TPSA) is 59.0 Å². The van der Waals surface area contributed by atoms with Crippen molar-refractivity contribution in [1.29, 1.82) is 0 Å². The Morgan fingerprint density at radius 3 is 2.25 bits per heavy atom. The van der Waals surface area contributed by atoms with Crippen LogP contribution >= 0.6 is 23.2 Å². The number of carbonyl (C=O) groups is 2. The maximum absolute atomic E-state index is 11.4. The number of carbonyl (C=O) groups excluding carboxylic acids is 2. The fraction of sp³-hybridized carbons (Fsp3) is 0.667. The lowest BCUT2D eigenvalue weighted by atomic mass is 9.97. The molecule has 0 aliphatic carbocycles. The smallest absolute Gasteiger partial charge is 0.341 e. The van der Waals surface area contributed by atoms with Gasteiger partial charge in [0.15, 0.2) is 0 Å². The molecular formula is C9H14Cl2N2O3. The Morgan fingerprint density at radius 2 is 1.88 bits per heavy atom. The average Bonchev–Trinajstić information content (AvgIpc) is 2.23. The van der Waals surface area contributed by atoms with Gasteiger partial charge >= 0.3 is 5.97 Å². The molecule has 0 N–H and O–H groups in total. The van der Waals surface area contributed by atoms with Gasteiger partial charge in [-0.1, -0.05) is 16.8 Å². The number of rotatable bonds is 4. The van der Waals surface area contributed by atoms with E-state index < -0.39 is 22.5 Å². The number of halogens is 2. The minimum atomic E-state index is -0.872. The third kappa shape index (κ3) is 4.37. The van der Waals surface area contributed by atoms with Gasteiger partial charge in [0.2, 0.25) is 5.17 Å². The summed E-state index contributed by atoms with van der Waals surface area (Å²) in [5.41, 5.74) is -0.872. The lowest BCUT2D eigenvalue weighted by Crippen LogP contribution is -2.29. The summed E-state index contributed by atoms with van der Waals surface area (Å²) in [5, 5.41) is 2.83. The molecule has 0 aliphatic heterocycles. The zero-order valence-electron chi connectivity index (χ0n) is 9.58. The van der Waals surface area contributed by atoms with E-state index in [1.165, 1.54) is 19.0 Å². The molecule has 0 aliphatic rings. The zero-order chi connectivity index (χ0) is 12.9. The van der Waals surface area contributed by atoms with Crippen LogP contribution in [0.4, 0.5) is 0 Å². The number of oxime groups is 1. The van der Waals surface area contributed by atoms with Gasteiger partial charge in [0.1, 0.15) is 0 Å². The van der Waals surface area contributed by atoms with Crippen molar-refractivity contribution in [3.63, 3.8) is 0 Å². The van der Waals surface area contributed by atoms with Gasteiger partial charge in [-0.3, -0.25) is 4.79 Å². The normalized spacial score (nSPS) is 12.2. The van der Waals surface area contributed by atoms with Crippen LogP contribution in [0.2, 0.25) is 0 Å². The minimum absolute atomic E-state index is 0.0839. The van der Waals surface area contributed by atoms with Gasteiger partial charge < -0.3 is 9.74 Å². The second-order valence-electron chi connectivity index (χ2n) is 3.98. The molecule has 0 aromatic rings. The summed E-state index contributed by atoms with van der Waals surface area (Å²) in [5.74, 6) is -1.11. The largest absolute Gasteiger partial charge is 0.343 e. The van der Waals surface area contributed by atoms with E-state index in [1.54, 1.807) is 13.8 Å². The first-order valence-electron chi connectivity index (χ1n) is 4.45. The molecule has 0 rings (SSSR count). The maximum atomic E-state index is 11.4. The number of hydrogen-bond donors (Lipinski definition) is 0. The molecule has 0 radical (unpaired) electrons. The maximum Gasteiger partial charge on any atom is 0.341 e. The lowest BCUT2D eigenvalue weighted by molar-refractivity contribution is -0.152. The van der Waals surface area contributed by atoms with E-state index in [2.05, 4.69) is 9.99 Å². The van der Waals surface area contributed by atoms with Crippen molar-refractivity contribution in [3.8, 4) is 0 Å². The molecule has 0 aromatic heterocycles. The minimum Gasteiger partial charge on any atom is -0.343 e. The van der Waals surface area contributed by atoms with E-state index in [-0.39, 0.29) is 5.88 Å². The fourth-order valence-corrected chi connectivity index (χ4v) is 0.796. The molecule has 0 bridgehead atoms. The van der Waals surface area contributed by atoms with Crippen molar-refractivity contribution in [1.82, 2.24) is 4.90 Å². The van der Waals surface area contributed by atoms with Gasteiger partial charge in [-0.15, -0.1) is 11.6 Å². The van der Waals surface area contributed by atoms with Gasteiger partial charge in [0.05, 0.1) is 5.41 Å². The lowest BCUT2D eigenvalue weighted by Gasteiger charge is -2.16. The standard InChI is InChI=1S/C9H14Cl2N2O3/c1-9(2,5-10)8(15)16-12-6(11)7(14)13(3)4/h5H2,1-4H3/b12-6-. The summed E-state index contributed by atoms with van der Waals surface area (Å²) < 4.78 is 0. The van der Waals surface area contributed by atoms with Crippen molar-refractivity contribution in [2.45, 2.75) is 13.8 Å². The van der Waals surface area contributed by atoms with Crippen LogP contribution in [-0.4, -0.2) is 41.9 Å². The van der Waals surface area contributed by atoms with Crippen LogP contribution in [0.1, 0.15) is 13.8 Å². The molecule has 0 spiro atoms. The Morgan fingerprint density at radius 1 is 1.38 bits per heavy atom. The van der Waals surface area contributed by atoms with E-state index in [9.17, 15) is 9.59 Å². The summed E-state index contributed by atoms with van der Waals surface area (Å²) in [4.78, 5) is 28.3. The van der Waals surface area contributed by atoms with Crippen LogP contribution < -0.4 is 0 Å². The predicted octanol–water partition coefficient (Wildman–Crippen LogP) is 1.44. The molecule has 92 valence electrons. The Labute approximate surface area is 104 Å². The molecular weight excluding hydrogens is 255 g/mol. The summed E-state index contributed by atoms with van der Waals surface area (Å²) in [6.07, 6.45) is 0. The highest BCUT2D eigenvalue weighted by Gasteiger charge is 2.29. The first kappa shape index (κ1) is 15.2. The van der Waals surface area contributed by atoms with Crippen molar-refractivity contribution in [2.75, 3.05) is 20.0 Å². The summed E-state index contributed by atoms with van der Waals surface area (Å²) in [6, 6.07) is 0. The Kier molecular flexibility index (Phi) is 5.75. The molecule has 0 saturated heterocycles. The van der Waals surface area contributed by atoms with Gasteiger partial charge in [0.25, 0.3) is 5.91 Å². The molecule has 7 heteroatoms. The quantitative estimate of drug-likeness (QED) is 0.336. The van der Waals surface area contributed by atoms with Crippen LogP contribution in [0, 0.1) is 5.41 Å². The van der Waals surface area contributed by atoms with Crippen molar-refractivity contribution in [3.05, 3.63) is 0 Å². The van der Waals surface area contributed by atoms with E-state index >= 15 is 0 Å². The molecule has 0 atom stereocenters. The summed E-state index contributed by atoms with van der Waals surface area (Å²) >= 11 is 11.1. The van der Waals surface area contributed by atoms with Crippen LogP contribution in [0.3, 0.4) is 0 Å². The highest BCUT2D eigenvalue weighted by Crippen LogP contribution is 2.19. The second-order valence-corrected chi connectivity index (χ2v) is 4.60. The molecule has 0 heterocycles. The monoisotopic (exact) mass is 268 g/mol. The van der Waals surface area contributed by atoms with Gasteiger partial charge in [-0.05, 0) is 13.8 Å². The van der Waals surface area contributed by atoms with Crippen LogP contribution in [0.25, 0.3) is 0 Å². The summed E-state index contributed by atoms with van der Waals surface area (Å²) in [6.45, 7) is 3.19. The zero-order valence-corrected chi connectivity index (χ0v) is 11.1. The van der Waals surface area contributed by atoms with E-state index in [0.717, 1.165) is 0 Å². The van der Waals surface area contributed by atoms with E-state index in [1.807, 2.05) is 0 Å². The van der Waals surface area contributed by atoms with Crippen molar-refractivity contribution < 1.29 is 14.4 Å². The highest BCUT2D eigenvalue weighted by molar-refractivity contribution is 6.82. The predicted molar refractivity (Wildman–Crippen MR) is 62.6 cm³/mol. The number of alkyl halides is 1. The van der Waals surface area contributed by atoms with Gasteiger partial charge in [-0.2, -0.15) is 0 Å². The molecule has 1 amide bonds. The van der Waals surface area contributed by atoms with E-state index in [0.29, 0.717) is 0 Å². The van der Waals surface area contributed by atoms with Gasteiger partial charge in [-0.25, -0.2) is 4.79 Å². The molecule has 0 saturated carbocycles. The molecule has 5 nitrogen and oxygen atoms in total. The third-order valence-electron chi connectivity index (χ3n) is 1.68. The SMILES string of the molecule is CN(C)C(=O)/C(Cl)=N/OC(=O)C(C)(C)CCl. The van der Waals surface area contributed by atoms with Crippen molar-refractivity contribution in [2.24, 2.45) is 10.6 Å². The third-order valence-corrected chi connectivity index (χ3v) is 2.58. The molecule has 0 fully saturated rings.